The molecule has 2 aliphatic rings. The van der Waals surface area contributed by atoms with Gasteiger partial charge in [0.1, 0.15) is 0 Å². The summed E-state index contributed by atoms with van der Waals surface area (Å²) in [6, 6.07) is 0. The maximum atomic E-state index is 5.82. The van der Waals surface area contributed by atoms with Gasteiger partial charge >= 0.3 is 0 Å². The second kappa shape index (κ2) is 6.41. The molecule has 0 radical (unpaired) electrons. The van der Waals surface area contributed by atoms with Crippen molar-refractivity contribution < 1.29 is 9.47 Å². The number of ether oxygens (including phenoxy) is 2. The first-order valence-corrected chi connectivity index (χ1v) is 6.08. The van der Waals surface area contributed by atoms with Crippen LogP contribution in [-0.4, -0.2) is 19.5 Å². The Bertz CT molecular complexity index is 147. The molecule has 1 saturated heterocycles. The van der Waals surface area contributed by atoms with Crippen molar-refractivity contribution >= 4 is 0 Å². The highest BCUT2D eigenvalue weighted by Gasteiger charge is 2.32. The lowest BCUT2D eigenvalue weighted by molar-refractivity contribution is -0.204. The first-order chi connectivity index (χ1) is 6.90. The Kier molecular flexibility index (Phi) is 5.49. The second-order valence-corrected chi connectivity index (χ2v) is 3.96. The average molecular weight is 200 g/mol. The van der Waals surface area contributed by atoms with Crippen LogP contribution in [-0.2, 0) is 9.47 Å². The van der Waals surface area contributed by atoms with Gasteiger partial charge in [0.05, 0.1) is 6.10 Å². The van der Waals surface area contributed by atoms with Crippen LogP contribution in [0, 0.1) is 5.92 Å². The quantitative estimate of drug-likeness (QED) is 0.646. The van der Waals surface area contributed by atoms with Crippen molar-refractivity contribution in [3.8, 4) is 0 Å². The van der Waals surface area contributed by atoms with Gasteiger partial charge in [-0.15, -0.1) is 0 Å². The molecule has 3 unspecified atom stereocenters. The molecule has 1 aliphatic carbocycles. The lowest BCUT2D eigenvalue weighted by Gasteiger charge is -2.38. The van der Waals surface area contributed by atoms with Crippen molar-refractivity contribution in [2.45, 2.75) is 64.8 Å². The number of rotatable bonds is 1. The second-order valence-electron chi connectivity index (χ2n) is 3.96. The zero-order valence-corrected chi connectivity index (χ0v) is 9.79. The monoisotopic (exact) mass is 200 g/mol. The van der Waals surface area contributed by atoms with E-state index in [0.29, 0.717) is 6.10 Å². The van der Waals surface area contributed by atoms with E-state index in [0.717, 1.165) is 12.3 Å². The standard InChI is InChI=1S/C10H18O2.C2H6/c1-11-10-7-6-8-4-2-3-5-9(8)12-10;1-2/h8-10H,2-7H2,1H3;1-2H3. The Hall–Kier alpha value is -0.0800. The highest BCUT2D eigenvalue weighted by Crippen LogP contribution is 2.35. The van der Waals surface area contributed by atoms with Crippen LogP contribution in [0.2, 0.25) is 0 Å². The van der Waals surface area contributed by atoms with E-state index in [1.165, 1.54) is 32.1 Å². The first kappa shape index (κ1) is 12.0. The van der Waals surface area contributed by atoms with Crippen LogP contribution in [0.25, 0.3) is 0 Å². The lowest BCUT2D eigenvalue weighted by Crippen LogP contribution is -2.37. The van der Waals surface area contributed by atoms with Crippen LogP contribution in [0.3, 0.4) is 0 Å². The van der Waals surface area contributed by atoms with E-state index in [-0.39, 0.29) is 6.29 Å². The van der Waals surface area contributed by atoms with E-state index in [1.54, 1.807) is 7.11 Å². The molecule has 0 bridgehead atoms. The predicted octanol–water partition coefficient (Wildman–Crippen LogP) is 3.35. The largest absolute Gasteiger partial charge is 0.356 e. The highest BCUT2D eigenvalue weighted by atomic mass is 16.7. The molecule has 2 rings (SSSR count). The Morgan fingerprint density at radius 2 is 1.71 bits per heavy atom. The molecule has 0 spiro atoms. The molecular formula is C12H24O2. The van der Waals surface area contributed by atoms with Gasteiger partial charge in [0.25, 0.3) is 0 Å². The van der Waals surface area contributed by atoms with Gasteiger partial charge in [-0.05, 0) is 31.6 Å². The fraction of sp³-hybridized carbons (Fsp3) is 1.00. The van der Waals surface area contributed by atoms with E-state index in [9.17, 15) is 0 Å². The van der Waals surface area contributed by atoms with Gasteiger partial charge in [0.15, 0.2) is 6.29 Å². The van der Waals surface area contributed by atoms with E-state index in [2.05, 4.69) is 0 Å². The fourth-order valence-corrected chi connectivity index (χ4v) is 2.47. The van der Waals surface area contributed by atoms with Gasteiger partial charge in [0.2, 0.25) is 0 Å². The summed E-state index contributed by atoms with van der Waals surface area (Å²) < 4.78 is 11.0. The van der Waals surface area contributed by atoms with Crippen LogP contribution in [0.4, 0.5) is 0 Å². The van der Waals surface area contributed by atoms with Gasteiger partial charge in [-0.1, -0.05) is 26.7 Å². The smallest absolute Gasteiger partial charge is 0.157 e. The average Bonchev–Trinajstić information content (AvgIpc) is 2.31. The molecule has 3 atom stereocenters. The molecule has 0 aromatic heterocycles. The van der Waals surface area contributed by atoms with E-state index >= 15 is 0 Å². The molecule has 0 aromatic carbocycles. The van der Waals surface area contributed by atoms with Gasteiger partial charge in [0, 0.05) is 7.11 Å². The van der Waals surface area contributed by atoms with Gasteiger partial charge in [-0.3, -0.25) is 0 Å². The van der Waals surface area contributed by atoms with Crippen LogP contribution < -0.4 is 0 Å². The third-order valence-corrected chi connectivity index (χ3v) is 3.20. The molecule has 1 saturated carbocycles. The Morgan fingerprint density at radius 1 is 1.00 bits per heavy atom. The highest BCUT2D eigenvalue weighted by molar-refractivity contribution is 4.80. The minimum atomic E-state index is 0.0874. The van der Waals surface area contributed by atoms with E-state index in [4.69, 9.17) is 9.47 Å². The number of hydrogen-bond donors (Lipinski definition) is 0. The molecule has 2 heteroatoms. The van der Waals surface area contributed by atoms with E-state index in [1.807, 2.05) is 13.8 Å². The lowest BCUT2D eigenvalue weighted by atomic mass is 9.82. The summed E-state index contributed by atoms with van der Waals surface area (Å²) in [5.74, 6) is 0.838. The summed E-state index contributed by atoms with van der Waals surface area (Å²) in [5.41, 5.74) is 0. The van der Waals surface area contributed by atoms with Crippen molar-refractivity contribution in [1.82, 2.24) is 0 Å². The number of hydrogen-bond acceptors (Lipinski definition) is 2. The minimum Gasteiger partial charge on any atom is -0.356 e. The zero-order chi connectivity index (χ0) is 10.4. The Labute approximate surface area is 88.0 Å². The molecule has 1 heterocycles. The molecule has 0 aromatic rings. The minimum absolute atomic E-state index is 0.0874. The summed E-state index contributed by atoms with van der Waals surface area (Å²) >= 11 is 0. The fourth-order valence-electron chi connectivity index (χ4n) is 2.47. The Balaban J connectivity index is 0.000000461. The van der Waals surface area contributed by atoms with Crippen LogP contribution in [0.15, 0.2) is 0 Å². The first-order valence-electron chi connectivity index (χ1n) is 6.08. The molecule has 0 amide bonds. The van der Waals surface area contributed by atoms with Crippen molar-refractivity contribution in [3.05, 3.63) is 0 Å². The van der Waals surface area contributed by atoms with Crippen molar-refractivity contribution in [1.29, 1.82) is 0 Å². The predicted molar refractivity (Wildman–Crippen MR) is 58.2 cm³/mol. The van der Waals surface area contributed by atoms with Crippen LogP contribution in [0.1, 0.15) is 52.4 Å². The van der Waals surface area contributed by atoms with Crippen molar-refractivity contribution in [3.63, 3.8) is 0 Å². The summed E-state index contributed by atoms with van der Waals surface area (Å²) in [4.78, 5) is 0. The third-order valence-electron chi connectivity index (χ3n) is 3.20. The third kappa shape index (κ3) is 2.96. The normalized spacial score (nSPS) is 36.6. The zero-order valence-electron chi connectivity index (χ0n) is 9.79. The molecule has 14 heavy (non-hydrogen) atoms. The van der Waals surface area contributed by atoms with Crippen LogP contribution in [0.5, 0.6) is 0 Å². The molecule has 2 nitrogen and oxygen atoms in total. The molecule has 2 fully saturated rings. The number of methoxy groups -OCH3 is 1. The molecule has 0 N–H and O–H groups in total. The van der Waals surface area contributed by atoms with Crippen molar-refractivity contribution in [2.24, 2.45) is 5.92 Å². The summed E-state index contributed by atoms with van der Waals surface area (Å²) in [5, 5.41) is 0. The summed E-state index contributed by atoms with van der Waals surface area (Å²) in [6.07, 6.45) is 8.38. The van der Waals surface area contributed by atoms with Crippen LogP contribution >= 0.6 is 0 Å². The van der Waals surface area contributed by atoms with Gasteiger partial charge < -0.3 is 9.47 Å². The van der Waals surface area contributed by atoms with E-state index < -0.39 is 0 Å². The van der Waals surface area contributed by atoms with Gasteiger partial charge in [-0.25, -0.2) is 0 Å². The van der Waals surface area contributed by atoms with Gasteiger partial charge in [-0.2, -0.15) is 0 Å². The molecule has 84 valence electrons. The summed E-state index contributed by atoms with van der Waals surface area (Å²) in [7, 11) is 1.74. The maximum absolute atomic E-state index is 5.82. The number of fused-ring (bicyclic) bond motifs is 1. The summed E-state index contributed by atoms with van der Waals surface area (Å²) in [6.45, 7) is 4.00. The maximum Gasteiger partial charge on any atom is 0.157 e. The molecular weight excluding hydrogens is 176 g/mol. The SMILES string of the molecule is CC.COC1CCC2CCCCC2O1. The van der Waals surface area contributed by atoms with Crippen molar-refractivity contribution in [2.75, 3.05) is 7.11 Å². The topological polar surface area (TPSA) is 18.5 Å². The Morgan fingerprint density at radius 3 is 2.43 bits per heavy atom. The molecule has 1 aliphatic heterocycles.